The van der Waals surface area contributed by atoms with Gasteiger partial charge in [-0.15, -0.1) is 0 Å². The van der Waals surface area contributed by atoms with Crippen LogP contribution in [0.2, 0.25) is 0 Å². The van der Waals surface area contributed by atoms with E-state index < -0.39 is 0 Å². The van der Waals surface area contributed by atoms with Crippen molar-refractivity contribution in [1.82, 2.24) is 5.32 Å². The minimum absolute atomic E-state index is 0.390. The first-order valence-corrected chi connectivity index (χ1v) is 22.2. The first-order valence-electron chi connectivity index (χ1n) is 22.2. The summed E-state index contributed by atoms with van der Waals surface area (Å²) in [6.07, 6.45) is -0.390. The summed E-state index contributed by atoms with van der Waals surface area (Å²) >= 11 is 0. The van der Waals surface area contributed by atoms with Crippen LogP contribution in [0.5, 0.6) is 0 Å². The zero-order valence-electron chi connectivity index (χ0n) is 35.2. The molecule has 4 nitrogen and oxygen atoms in total. The number of para-hydroxylation sites is 1. The molecule has 2 heterocycles. The summed E-state index contributed by atoms with van der Waals surface area (Å²) in [6.45, 7) is 0. The predicted octanol–water partition coefficient (Wildman–Crippen LogP) is 15.7. The monoisotopic (exact) mass is 829 g/mol. The lowest BCUT2D eigenvalue weighted by atomic mass is 9.90. The van der Waals surface area contributed by atoms with Crippen molar-refractivity contribution in [1.29, 1.82) is 0 Å². The fourth-order valence-electron chi connectivity index (χ4n) is 10.1. The van der Waals surface area contributed by atoms with Crippen molar-refractivity contribution < 1.29 is 4.42 Å². The fourth-order valence-corrected chi connectivity index (χ4v) is 10.1. The molecule has 1 aliphatic heterocycles. The van der Waals surface area contributed by atoms with Crippen molar-refractivity contribution in [3.05, 3.63) is 241 Å². The molecule has 0 saturated heterocycles. The number of hydrogen-bond acceptors (Lipinski definition) is 4. The van der Waals surface area contributed by atoms with E-state index in [0.717, 1.165) is 77.5 Å². The molecule has 1 N–H and O–H groups in total. The average Bonchev–Trinajstić information content (AvgIpc) is 3.78. The molecule has 0 saturated carbocycles. The van der Waals surface area contributed by atoms with Crippen molar-refractivity contribution in [3.8, 4) is 33.4 Å². The van der Waals surface area contributed by atoms with E-state index in [1.54, 1.807) is 0 Å². The maximum Gasteiger partial charge on any atom is 0.159 e. The van der Waals surface area contributed by atoms with Gasteiger partial charge in [0.2, 0.25) is 0 Å². The molecule has 1 aromatic heterocycles. The molecule has 304 valence electrons. The Morgan fingerprint density at radius 2 is 0.969 bits per heavy atom. The minimum atomic E-state index is -0.390. The van der Waals surface area contributed by atoms with Crippen LogP contribution < -0.4 is 5.32 Å². The first-order chi connectivity index (χ1) is 32.2. The Bertz CT molecular complexity index is 3910. The molecule has 0 radical (unpaired) electrons. The Labute approximate surface area is 375 Å². The van der Waals surface area contributed by atoms with Gasteiger partial charge < -0.3 is 9.73 Å². The van der Waals surface area contributed by atoms with Gasteiger partial charge >= 0.3 is 0 Å². The van der Waals surface area contributed by atoms with Crippen LogP contribution in [0.4, 0.5) is 0 Å². The number of nitrogens with zero attached hydrogens (tertiary/aromatic N) is 2. The van der Waals surface area contributed by atoms with E-state index in [9.17, 15) is 0 Å². The average molecular weight is 830 g/mol. The van der Waals surface area contributed by atoms with Gasteiger partial charge in [-0.25, -0.2) is 9.98 Å². The van der Waals surface area contributed by atoms with Gasteiger partial charge in [-0.05, 0) is 83.0 Å². The van der Waals surface area contributed by atoms with Gasteiger partial charge in [0.25, 0.3) is 0 Å². The van der Waals surface area contributed by atoms with E-state index in [0.29, 0.717) is 5.84 Å². The number of furan rings is 1. The number of amidine groups is 2. The molecule has 0 fully saturated rings. The topological polar surface area (TPSA) is 49.9 Å². The zero-order valence-corrected chi connectivity index (χ0v) is 35.2. The summed E-state index contributed by atoms with van der Waals surface area (Å²) in [5, 5.41) is 15.6. The second-order valence-electron chi connectivity index (χ2n) is 16.8. The highest BCUT2D eigenvalue weighted by atomic mass is 16.3. The molecule has 0 spiro atoms. The van der Waals surface area contributed by atoms with E-state index in [1.807, 2.05) is 18.2 Å². The van der Waals surface area contributed by atoms with Crippen LogP contribution in [0.3, 0.4) is 0 Å². The molecule has 1 unspecified atom stereocenters. The number of fused-ring (bicyclic) bond motifs is 8. The van der Waals surface area contributed by atoms with Crippen molar-refractivity contribution in [2.75, 3.05) is 0 Å². The van der Waals surface area contributed by atoms with Crippen LogP contribution in [0.25, 0.3) is 98.4 Å². The van der Waals surface area contributed by atoms with E-state index in [4.69, 9.17) is 14.4 Å². The Balaban J connectivity index is 0.925. The lowest BCUT2D eigenvalue weighted by molar-refractivity contribution is 0.670. The molecular weight excluding hydrogens is 791 g/mol. The molecule has 0 amide bonds. The third kappa shape index (κ3) is 6.14. The largest absolute Gasteiger partial charge is 0.455 e. The highest BCUT2D eigenvalue weighted by Gasteiger charge is 2.25. The number of hydrogen-bond donors (Lipinski definition) is 1. The summed E-state index contributed by atoms with van der Waals surface area (Å²) in [6, 6.07) is 79.9. The van der Waals surface area contributed by atoms with E-state index in [1.165, 1.54) is 43.4 Å². The molecule has 1 aliphatic rings. The molecule has 1 atom stereocenters. The van der Waals surface area contributed by atoms with Crippen LogP contribution in [0.1, 0.15) is 22.9 Å². The van der Waals surface area contributed by atoms with Gasteiger partial charge in [-0.2, -0.15) is 0 Å². The zero-order chi connectivity index (χ0) is 42.8. The van der Waals surface area contributed by atoms with Gasteiger partial charge in [0.05, 0.1) is 0 Å². The Morgan fingerprint density at radius 3 is 1.80 bits per heavy atom. The maximum absolute atomic E-state index is 6.91. The van der Waals surface area contributed by atoms with Crippen LogP contribution in [0.15, 0.2) is 239 Å². The van der Waals surface area contributed by atoms with Crippen molar-refractivity contribution in [2.24, 2.45) is 9.98 Å². The van der Waals surface area contributed by atoms with Crippen LogP contribution >= 0.6 is 0 Å². The normalized spacial score (nSPS) is 14.0. The highest BCUT2D eigenvalue weighted by molar-refractivity contribution is 6.21. The SMILES string of the molecule is c1ccc(C2=NC(c3ccc(-c4cccc5oc6c(-c7cc8ccccc8c8ccccc78)cccc6c45)c4ccccc34)NC(c3ccc(-c4cccc5ccccc45)cc3)=N2)cc1. The van der Waals surface area contributed by atoms with Gasteiger partial charge in [0.15, 0.2) is 5.84 Å². The molecule has 13 rings (SSSR count). The third-order valence-corrected chi connectivity index (χ3v) is 13.2. The van der Waals surface area contributed by atoms with Crippen LogP contribution in [0, 0.1) is 0 Å². The number of nitrogens with one attached hydrogen (secondary N) is 1. The molecule has 65 heavy (non-hydrogen) atoms. The Kier molecular flexibility index (Phi) is 8.56. The smallest absolute Gasteiger partial charge is 0.159 e. The summed E-state index contributed by atoms with van der Waals surface area (Å²) < 4.78 is 6.91. The highest BCUT2D eigenvalue weighted by Crippen LogP contribution is 2.45. The molecular formula is C61H39N3O. The van der Waals surface area contributed by atoms with Gasteiger partial charge in [0, 0.05) is 33.0 Å². The number of rotatable bonds is 6. The molecule has 11 aromatic carbocycles. The van der Waals surface area contributed by atoms with Crippen LogP contribution in [-0.4, -0.2) is 11.7 Å². The van der Waals surface area contributed by atoms with Gasteiger partial charge in [0.1, 0.15) is 23.2 Å². The lowest BCUT2D eigenvalue weighted by Gasteiger charge is -2.25. The van der Waals surface area contributed by atoms with E-state index >= 15 is 0 Å². The van der Waals surface area contributed by atoms with E-state index in [2.05, 4.69) is 212 Å². The van der Waals surface area contributed by atoms with Crippen LogP contribution in [-0.2, 0) is 0 Å². The Morgan fingerprint density at radius 1 is 0.369 bits per heavy atom. The quantitative estimate of drug-likeness (QED) is 0.170. The second-order valence-corrected chi connectivity index (χ2v) is 16.8. The third-order valence-electron chi connectivity index (χ3n) is 13.2. The maximum atomic E-state index is 6.91. The standard InChI is InChI=1S/C61H39N3O/c1-2-16-40(17-3-1)59-62-60(41-33-31-39(32-34-41)44-26-12-19-38-15-4-6-20-43(38)44)64-61(63-59)53-36-35-50(47-23-9-10-24-48(47)53)51-27-14-30-56-57(51)54-29-13-28-52(58(54)65-56)55-37-42-18-5-7-21-45(42)46-22-8-11-25-49(46)55/h1-37,61H,(H,62,63,64). The van der Waals surface area contributed by atoms with E-state index in [-0.39, 0.29) is 6.17 Å². The van der Waals surface area contributed by atoms with Crippen molar-refractivity contribution in [3.63, 3.8) is 0 Å². The fraction of sp³-hybridized carbons (Fsp3) is 0.0164. The van der Waals surface area contributed by atoms with Crippen molar-refractivity contribution >= 4 is 76.7 Å². The summed E-state index contributed by atoms with van der Waals surface area (Å²) in [7, 11) is 0. The molecule has 0 aliphatic carbocycles. The molecule has 0 bridgehead atoms. The summed E-state index contributed by atoms with van der Waals surface area (Å²) in [5.74, 6) is 1.48. The predicted molar refractivity (Wildman–Crippen MR) is 272 cm³/mol. The molecule has 4 heteroatoms. The summed E-state index contributed by atoms with van der Waals surface area (Å²) in [4.78, 5) is 10.5. The number of aliphatic imine (C=N–C) groups is 2. The first kappa shape index (κ1) is 37.0. The number of benzene rings is 11. The van der Waals surface area contributed by atoms with Gasteiger partial charge in [-0.1, -0.05) is 212 Å². The van der Waals surface area contributed by atoms with Crippen molar-refractivity contribution in [2.45, 2.75) is 6.17 Å². The Hall–Kier alpha value is -8.60. The molecule has 12 aromatic rings. The summed E-state index contributed by atoms with van der Waals surface area (Å²) in [5.41, 5.74) is 11.7. The van der Waals surface area contributed by atoms with Gasteiger partial charge in [-0.3, -0.25) is 0 Å². The second kappa shape index (κ2) is 15.0. The lowest BCUT2D eigenvalue weighted by Crippen LogP contribution is -2.33. The minimum Gasteiger partial charge on any atom is -0.455 e.